The Hall–Kier alpha value is -0.350. The van der Waals surface area contributed by atoms with Crippen LogP contribution in [0.4, 0.5) is 0 Å². The van der Waals surface area contributed by atoms with Crippen LogP contribution in [0.5, 0.6) is 0 Å². The molecular formula is C9H9BrO2S. The monoisotopic (exact) mass is 260 g/mol. The molecule has 1 atom stereocenters. The summed E-state index contributed by atoms with van der Waals surface area (Å²) in [6, 6.07) is 1.96. The van der Waals surface area contributed by atoms with Crippen molar-refractivity contribution in [2.75, 3.05) is 0 Å². The smallest absolute Gasteiger partial charge is 0.311 e. The number of aryl methyl sites for hydroxylation is 1. The van der Waals surface area contributed by atoms with Gasteiger partial charge in [0.25, 0.3) is 0 Å². The third kappa shape index (κ3) is 1.65. The number of halogens is 1. The molecule has 0 aliphatic heterocycles. The number of thiophene rings is 1. The highest BCUT2D eigenvalue weighted by molar-refractivity contribution is 9.11. The predicted octanol–water partition coefficient (Wildman–Crippen LogP) is 3.02. The van der Waals surface area contributed by atoms with Crippen molar-refractivity contribution in [3.05, 3.63) is 20.3 Å². The highest BCUT2D eigenvalue weighted by Crippen LogP contribution is 2.39. The fourth-order valence-electron chi connectivity index (χ4n) is 1.78. The first-order valence-corrected chi connectivity index (χ1v) is 5.80. The minimum absolute atomic E-state index is 0.272. The van der Waals surface area contributed by atoms with Gasteiger partial charge in [-0.2, -0.15) is 0 Å². The van der Waals surface area contributed by atoms with Gasteiger partial charge in [0.2, 0.25) is 0 Å². The molecule has 0 saturated carbocycles. The quantitative estimate of drug-likeness (QED) is 0.843. The molecular weight excluding hydrogens is 252 g/mol. The molecule has 13 heavy (non-hydrogen) atoms. The van der Waals surface area contributed by atoms with Crippen LogP contribution < -0.4 is 0 Å². The molecule has 1 aromatic rings. The molecule has 0 aromatic carbocycles. The highest BCUT2D eigenvalue weighted by atomic mass is 79.9. The van der Waals surface area contributed by atoms with Crippen LogP contribution in [-0.4, -0.2) is 11.1 Å². The minimum Gasteiger partial charge on any atom is -0.481 e. The second-order valence-electron chi connectivity index (χ2n) is 3.21. The fraction of sp³-hybridized carbons (Fsp3) is 0.444. The van der Waals surface area contributed by atoms with E-state index in [9.17, 15) is 4.79 Å². The molecule has 1 aliphatic rings. The molecule has 4 heteroatoms. The van der Waals surface area contributed by atoms with Gasteiger partial charge in [0.1, 0.15) is 0 Å². The number of fused-ring (bicyclic) bond motifs is 1. The minimum atomic E-state index is -0.689. The number of aliphatic carboxylic acids is 1. The van der Waals surface area contributed by atoms with Crippen molar-refractivity contribution in [2.24, 2.45) is 0 Å². The maximum Gasteiger partial charge on any atom is 0.311 e. The Bertz CT molecular complexity index is 345. The maximum atomic E-state index is 10.9. The third-order valence-corrected chi connectivity index (χ3v) is 4.10. The molecule has 0 bridgehead atoms. The number of carbonyl (C=O) groups is 1. The average molecular weight is 261 g/mol. The Kier molecular flexibility index (Phi) is 2.43. The molecule has 0 fully saturated rings. The van der Waals surface area contributed by atoms with Gasteiger partial charge in [0.05, 0.1) is 9.70 Å². The van der Waals surface area contributed by atoms with Gasteiger partial charge in [0, 0.05) is 4.88 Å². The summed E-state index contributed by atoms with van der Waals surface area (Å²) in [6.07, 6.45) is 2.82. The zero-order valence-corrected chi connectivity index (χ0v) is 9.32. The van der Waals surface area contributed by atoms with Crippen molar-refractivity contribution in [3.63, 3.8) is 0 Å². The van der Waals surface area contributed by atoms with Crippen LogP contribution in [0.1, 0.15) is 29.2 Å². The summed E-state index contributed by atoms with van der Waals surface area (Å²) >= 11 is 5.06. The lowest BCUT2D eigenvalue weighted by atomic mass is 9.88. The normalized spacial score (nSPS) is 21.2. The van der Waals surface area contributed by atoms with Crippen LogP contribution in [0.15, 0.2) is 9.85 Å². The number of hydrogen-bond acceptors (Lipinski definition) is 2. The van der Waals surface area contributed by atoms with E-state index in [2.05, 4.69) is 15.9 Å². The van der Waals surface area contributed by atoms with Gasteiger partial charge in [-0.1, -0.05) is 0 Å². The first-order chi connectivity index (χ1) is 6.18. The van der Waals surface area contributed by atoms with E-state index in [0.717, 1.165) is 28.6 Å². The van der Waals surface area contributed by atoms with E-state index in [-0.39, 0.29) is 5.92 Å². The molecule has 1 aliphatic carbocycles. The van der Waals surface area contributed by atoms with E-state index in [0.29, 0.717) is 0 Å². The summed E-state index contributed by atoms with van der Waals surface area (Å²) < 4.78 is 1.05. The third-order valence-electron chi connectivity index (χ3n) is 2.38. The summed E-state index contributed by atoms with van der Waals surface area (Å²) in [6.45, 7) is 0. The molecule has 2 nitrogen and oxygen atoms in total. The zero-order valence-electron chi connectivity index (χ0n) is 6.92. The number of rotatable bonds is 1. The van der Waals surface area contributed by atoms with Crippen LogP contribution in [-0.2, 0) is 11.2 Å². The molecule has 0 amide bonds. The molecule has 70 valence electrons. The number of hydrogen-bond donors (Lipinski definition) is 1. The van der Waals surface area contributed by atoms with Crippen molar-refractivity contribution in [3.8, 4) is 0 Å². The Morgan fingerprint density at radius 1 is 1.69 bits per heavy atom. The Balaban J connectivity index is 2.41. The summed E-state index contributed by atoms with van der Waals surface area (Å²) in [5.41, 5.74) is 1.02. The van der Waals surface area contributed by atoms with Crippen LogP contribution in [0.25, 0.3) is 0 Å². The summed E-state index contributed by atoms with van der Waals surface area (Å²) in [5, 5.41) is 8.98. The molecule has 0 saturated heterocycles. The van der Waals surface area contributed by atoms with Gasteiger partial charge in [0.15, 0.2) is 0 Å². The Labute approximate surface area is 88.7 Å². The zero-order chi connectivity index (χ0) is 9.42. The Morgan fingerprint density at radius 2 is 2.46 bits per heavy atom. The maximum absolute atomic E-state index is 10.9. The van der Waals surface area contributed by atoms with Gasteiger partial charge in [-0.05, 0) is 46.8 Å². The van der Waals surface area contributed by atoms with E-state index >= 15 is 0 Å². The fourth-order valence-corrected chi connectivity index (χ4v) is 3.60. The van der Waals surface area contributed by atoms with E-state index in [1.807, 2.05) is 6.07 Å². The number of carboxylic acid groups (broad SMARTS) is 1. The Morgan fingerprint density at radius 3 is 3.15 bits per heavy atom. The summed E-state index contributed by atoms with van der Waals surface area (Å²) in [4.78, 5) is 12.2. The molecule has 0 spiro atoms. The molecule has 2 rings (SSSR count). The van der Waals surface area contributed by atoms with Crippen molar-refractivity contribution < 1.29 is 9.90 Å². The standard InChI is InChI=1S/C9H9BrO2S/c10-8-4-6-5(9(11)12)2-1-3-7(6)13-8/h4-5H,1-3H2,(H,11,12). The SMILES string of the molecule is O=C(O)C1CCCc2sc(Br)cc21. The largest absolute Gasteiger partial charge is 0.481 e. The summed E-state index contributed by atoms with van der Waals surface area (Å²) in [5.74, 6) is -0.961. The highest BCUT2D eigenvalue weighted by Gasteiger charge is 2.27. The van der Waals surface area contributed by atoms with Gasteiger partial charge in [-0.3, -0.25) is 4.79 Å². The van der Waals surface area contributed by atoms with Gasteiger partial charge in [-0.15, -0.1) is 11.3 Å². The van der Waals surface area contributed by atoms with Gasteiger partial charge < -0.3 is 5.11 Å². The van der Waals surface area contributed by atoms with Gasteiger partial charge >= 0.3 is 5.97 Å². The van der Waals surface area contributed by atoms with Crippen molar-refractivity contribution in [1.29, 1.82) is 0 Å². The van der Waals surface area contributed by atoms with Crippen molar-refractivity contribution in [1.82, 2.24) is 0 Å². The first kappa shape index (κ1) is 9.21. The molecule has 1 unspecified atom stereocenters. The van der Waals surface area contributed by atoms with Crippen LogP contribution >= 0.6 is 27.3 Å². The van der Waals surface area contributed by atoms with E-state index in [4.69, 9.17) is 5.11 Å². The molecule has 0 radical (unpaired) electrons. The second kappa shape index (κ2) is 3.42. The summed E-state index contributed by atoms with van der Waals surface area (Å²) in [7, 11) is 0. The van der Waals surface area contributed by atoms with Crippen LogP contribution in [0, 0.1) is 0 Å². The first-order valence-electron chi connectivity index (χ1n) is 4.19. The van der Waals surface area contributed by atoms with E-state index < -0.39 is 5.97 Å². The lowest BCUT2D eigenvalue weighted by Crippen LogP contribution is -2.15. The van der Waals surface area contributed by atoms with Crippen molar-refractivity contribution in [2.45, 2.75) is 25.2 Å². The predicted molar refractivity (Wildman–Crippen MR) is 55.3 cm³/mol. The molecule has 1 N–H and O–H groups in total. The van der Waals surface area contributed by atoms with Crippen molar-refractivity contribution >= 4 is 33.2 Å². The topological polar surface area (TPSA) is 37.3 Å². The van der Waals surface area contributed by atoms with Gasteiger partial charge in [-0.25, -0.2) is 0 Å². The lowest BCUT2D eigenvalue weighted by molar-refractivity contribution is -0.139. The van der Waals surface area contributed by atoms with Crippen LogP contribution in [0.2, 0.25) is 0 Å². The van der Waals surface area contributed by atoms with Crippen LogP contribution in [0.3, 0.4) is 0 Å². The average Bonchev–Trinajstić information content (AvgIpc) is 2.43. The number of carboxylic acids is 1. The van der Waals surface area contributed by atoms with E-state index in [1.54, 1.807) is 11.3 Å². The lowest BCUT2D eigenvalue weighted by Gasteiger charge is -2.17. The van der Waals surface area contributed by atoms with E-state index in [1.165, 1.54) is 4.88 Å². The molecule has 1 aromatic heterocycles. The second-order valence-corrected chi connectivity index (χ2v) is 5.73. The molecule has 1 heterocycles.